The molecule has 1 atom stereocenters. The molecule has 1 aliphatic carbocycles. The Balaban J connectivity index is 2.96. The number of hydrogen-bond acceptors (Lipinski definition) is 0. The molecule has 0 saturated heterocycles. The summed E-state index contributed by atoms with van der Waals surface area (Å²) in [5.41, 5.74) is 3.06. The molecule has 0 saturated carbocycles. The molecule has 1 rings (SSSR count). The first kappa shape index (κ1) is 8.27. The normalized spacial score (nSPS) is 32.4. The molecule has 60 valence electrons. The average molecular weight is 317 g/mol. The van der Waals surface area contributed by atoms with Crippen LogP contribution in [0, 0.1) is 0 Å². The summed E-state index contributed by atoms with van der Waals surface area (Å²) in [5.74, 6) is 0. The molecule has 0 heterocycles. The van der Waals surface area contributed by atoms with Crippen molar-refractivity contribution in [2.45, 2.75) is 29.9 Å². The van der Waals surface area contributed by atoms with Crippen molar-refractivity contribution in [3.05, 3.63) is 23.3 Å². The molecule has 0 fully saturated rings. The predicted molar refractivity (Wildman–Crippen MR) is 41.7 cm³/mol. The molecule has 0 amide bonds. The van der Waals surface area contributed by atoms with Gasteiger partial charge in [0.05, 0.1) is 0 Å². The molecule has 1 unspecified atom stereocenters. The fraction of sp³-hybridized carbons (Fsp3) is 0.556. The molecule has 0 aromatic carbocycles. The summed E-state index contributed by atoms with van der Waals surface area (Å²) in [7, 11) is 0. The van der Waals surface area contributed by atoms with Gasteiger partial charge in [-0.25, -0.2) is 0 Å². The molecule has 0 aromatic heterocycles. The van der Waals surface area contributed by atoms with Crippen LogP contribution in [0.2, 0.25) is 9.12 Å². The van der Waals surface area contributed by atoms with Crippen LogP contribution in [0.3, 0.4) is 0 Å². The van der Waals surface area contributed by atoms with Crippen LogP contribution in [0.4, 0.5) is 0 Å². The van der Waals surface area contributed by atoms with Crippen molar-refractivity contribution in [2.75, 3.05) is 0 Å². The molecular formula is C9H14Pt. The van der Waals surface area contributed by atoms with E-state index in [-0.39, 0.29) is 0 Å². The second kappa shape index (κ2) is 2.66. The Hall–Kier alpha value is 0.168. The van der Waals surface area contributed by atoms with Crippen molar-refractivity contribution >= 4 is 0 Å². The molecule has 1 aliphatic rings. The number of rotatable bonds is 1. The van der Waals surface area contributed by atoms with Crippen LogP contribution >= 0.6 is 0 Å². The van der Waals surface area contributed by atoms with Gasteiger partial charge in [0.15, 0.2) is 0 Å². The van der Waals surface area contributed by atoms with Gasteiger partial charge in [-0.1, -0.05) is 0 Å². The van der Waals surface area contributed by atoms with Crippen molar-refractivity contribution in [1.29, 1.82) is 0 Å². The van der Waals surface area contributed by atoms with E-state index in [1.165, 1.54) is 5.57 Å². The summed E-state index contributed by atoms with van der Waals surface area (Å²) in [6.07, 6.45) is 4.63. The van der Waals surface area contributed by atoms with Crippen LogP contribution < -0.4 is 0 Å². The molecule has 0 N–H and O–H groups in total. The minimum atomic E-state index is 0.299. The van der Waals surface area contributed by atoms with Crippen LogP contribution in [-0.2, 0) is 18.6 Å². The van der Waals surface area contributed by atoms with E-state index in [9.17, 15) is 0 Å². The fourth-order valence-electron chi connectivity index (χ4n) is 1.07. The second-order valence-corrected chi connectivity index (χ2v) is 6.31. The van der Waals surface area contributed by atoms with Crippen LogP contribution in [0.5, 0.6) is 0 Å². The zero-order chi connectivity index (χ0) is 7.78. The molecule has 0 aromatic rings. The third kappa shape index (κ3) is 1.14. The van der Waals surface area contributed by atoms with Gasteiger partial charge in [-0.05, 0) is 0 Å². The molecule has 0 aliphatic heterocycles. The van der Waals surface area contributed by atoms with Crippen LogP contribution in [0.15, 0.2) is 23.3 Å². The van der Waals surface area contributed by atoms with Gasteiger partial charge >= 0.3 is 71.7 Å². The van der Waals surface area contributed by atoms with Gasteiger partial charge in [0.2, 0.25) is 0 Å². The Kier molecular flexibility index (Phi) is 2.20. The number of allylic oxidation sites excluding steroid dienone is 4. The SMILES string of the molecule is [CH3][Pt][C]1(C)C=CC(C)=C1C. The average Bonchev–Trinajstić information content (AvgIpc) is 2.19. The zero-order valence-electron chi connectivity index (χ0n) is 6.97. The second-order valence-electron chi connectivity index (χ2n) is 2.81. The Labute approximate surface area is 71.9 Å². The summed E-state index contributed by atoms with van der Waals surface area (Å²) in [6, 6.07) is 0. The Bertz CT molecular complexity index is 201. The van der Waals surface area contributed by atoms with E-state index in [2.05, 4.69) is 38.2 Å². The van der Waals surface area contributed by atoms with Gasteiger partial charge in [-0.3, -0.25) is 0 Å². The van der Waals surface area contributed by atoms with E-state index in [4.69, 9.17) is 0 Å². The monoisotopic (exact) mass is 317 g/mol. The van der Waals surface area contributed by atoms with Crippen molar-refractivity contribution in [1.82, 2.24) is 0 Å². The molecule has 0 radical (unpaired) electrons. The van der Waals surface area contributed by atoms with Gasteiger partial charge in [0, 0.05) is 0 Å². The van der Waals surface area contributed by atoms with Crippen LogP contribution in [0.1, 0.15) is 20.8 Å². The summed E-state index contributed by atoms with van der Waals surface area (Å²) in [5, 5.41) is 2.35. The minimum absolute atomic E-state index is 0.299. The summed E-state index contributed by atoms with van der Waals surface area (Å²) in [4.78, 5) is 0. The third-order valence-electron chi connectivity index (χ3n) is 2.27. The van der Waals surface area contributed by atoms with E-state index in [0.717, 1.165) is 0 Å². The van der Waals surface area contributed by atoms with Crippen LogP contribution in [-0.4, -0.2) is 0 Å². The molecule has 1 heteroatoms. The van der Waals surface area contributed by atoms with E-state index in [1.807, 2.05) is 0 Å². The standard InChI is InChI=1S/C8H11.CH3.Pt/c1-6-4-5-7(2)8(6)3;;/h4-5H,1-3H3;1H3;. The number of hydrogen-bond donors (Lipinski definition) is 0. The van der Waals surface area contributed by atoms with E-state index >= 15 is 0 Å². The van der Waals surface area contributed by atoms with E-state index in [0.29, 0.717) is 22.4 Å². The molecule has 0 bridgehead atoms. The Morgan fingerprint density at radius 2 is 2.00 bits per heavy atom. The Morgan fingerprint density at radius 3 is 2.20 bits per heavy atom. The first-order valence-corrected chi connectivity index (χ1v) is 6.79. The first-order valence-electron chi connectivity index (χ1n) is 3.39. The summed E-state index contributed by atoms with van der Waals surface area (Å²) < 4.78 is 0.476. The van der Waals surface area contributed by atoms with Gasteiger partial charge in [-0.2, -0.15) is 0 Å². The van der Waals surface area contributed by atoms with Crippen molar-refractivity contribution < 1.29 is 18.6 Å². The molecule has 0 nitrogen and oxygen atoms in total. The van der Waals surface area contributed by atoms with Gasteiger partial charge in [0.1, 0.15) is 0 Å². The summed E-state index contributed by atoms with van der Waals surface area (Å²) >= 11 is 0.299. The summed E-state index contributed by atoms with van der Waals surface area (Å²) in [6.45, 7) is 6.82. The van der Waals surface area contributed by atoms with E-state index < -0.39 is 0 Å². The van der Waals surface area contributed by atoms with Crippen molar-refractivity contribution in [3.8, 4) is 0 Å². The quantitative estimate of drug-likeness (QED) is 0.697. The van der Waals surface area contributed by atoms with Crippen LogP contribution in [0.25, 0.3) is 0 Å². The van der Waals surface area contributed by atoms with Gasteiger partial charge in [0.25, 0.3) is 0 Å². The van der Waals surface area contributed by atoms with Crippen molar-refractivity contribution in [2.24, 2.45) is 0 Å². The zero-order valence-corrected chi connectivity index (χ0v) is 9.24. The third-order valence-corrected chi connectivity index (χ3v) is 5.86. The van der Waals surface area contributed by atoms with Crippen molar-refractivity contribution in [3.63, 3.8) is 0 Å². The maximum atomic E-state index is 2.37. The predicted octanol–water partition coefficient (Wildman–Crippen LogP) is 3.20. The topological polar surface area (TPSA) is 0 Å². The van der Waals surface area contributed by atoms with Gasteiger partial charge in [-0.15, -0.1) is 0 Å². The Morgan fingerprint density at radius 1 is 1.40 bits per heavy atom. The fourth-order valence-corrected chi connectivity index (χ4v) is 2.94. The van der Waals surface area contributed by atoms with Gasteiger partial charge < -0.3 is 0 Å². The molecule has 10 heavy (non-hydrogen) atoms. The first-order chi connectivity index (χ1) is 4.60. The maximum absolute atomic E-state index is 2.37. The van der Waals surface area contributed by atoms with E-state index in [1.54, 1.807) is 5.57 Å². The molecular weight excluding hydrogens is 303 g/mol. The molecule has 0 spiro atoms.